The zero-order valence-corrected chi connectivity index (χ0v) is 13.3. The van der Waals surface area contributed by atoms with Gasteiger partial charge in [-0.1, -0.05) is 6.92 Å². The van der Waals surface area contributed by atoms with E-state index in [2.05, 4.69) is 5.32 Å². The summed E-state index contributed by atoms with van der Waals surface area (Å²) < 4.78 is 0. The SMILES string of the molecule is CCNC(C)(C)C(=O)N1CCCC(C(C)(C)C(=O)O)C1. The molecule has 20 heavy (non-hydrogen) atoms. The summed E-state index contributed by atoms with van der Waals surface area (Å²) in [6, 6.07) is 0. The van der Waals surface area contributed by atoms with E-state index in [1.165, 1.54) is 0 Å². The number of hydrogen-bond donors (Lipinski definition) is 2. The first-order valence-corrected chi connectivity index (χ1v) is 7.40. The molecule has 0 bridgehead atoms. The zero-order valence-electron chi connectivity index (χ0n) is 13.3. The third-order valence-electron chi connectivity index (χ3n) is 4.43. The van der Waals surface area contributed by atoms with E-state index in [9.17, 15) is 14.7 Å². The first-order chi connectivity index (χ1) is 9.13. The number of amides is 1. The predicted molar refractivity (Wildman–Crippen MR) is 78.5 cm³/mol. The predicted octanol–water partition coefficient (Wildman–Crippen LogP) is 1.72. The smallest absolute Gasteiger partial charge is 0.309 e. The number of carbonyl (C=O) groups excluding carboxylic acids is 1. The molecule has 5 heteroatoms. The van der Waals surface area contributed by atoms with Gasteiger partial charge >= 0.3 is 5.97 Å². The first-order valence-electron chi connectivity index (χ1n) is 7.40. The molecule has 2 N–H and O–H groups in total. The summed E-state index contributed by atoms with van der Waals surface area (Å²) in [7, 11) is 0. The number of nitrogens with zero attached hydrogens (tertiary/aromatic N) is 1. The molecular formula is C15H28N2O3. The second-order valence-corrected chi connectivity index (χ2v) is 6.77. The molecule has 1 aliphatic rings. The fraction of sp³-hybridized carbons (Fsp3) is 0.867. The van der Waals surface area contributed by atoms with E-state index >= 15 is 0 Å². The number of nitrogens with one attached hydrogen (secondary N) is 1. The van der Waals surface area contributed by atoms with Gasteiger partial charge in [-0.05, 0) is 53.0 Å². The molecule has 5 nitrogen and oxygen atoms in total. The summed E-state index contributed by atoms with van der Waals surface area (Å²) in [4.78, 5) is 25.8. The van der Waals surface area contributed by atoms with E-state index in [1.54, 1.807) is 13.8 Å². The molecule has 1 atom stereocenters. The van der Waals surface area contributed by atoms with Crippen molar-refractivity contribution in [3.05, 3.63) is 0 Å². The van der Waals surface area contributed by atoms with Gasteiger partial charge in [-0.3, -0.25) is 9.59 Å². The number of likely N-dealkylation sites (N-methyl/N-ethyl adjacent to an activating group) is 1. The summed E-state index contributed by atoms with van der Waals surface area (Å²) in [5.41, 5.74) is -1.38. The molecule has 0 aromatic heterocycles. The van der Waals surface area contributed by atoms with Crippen molar-refractivity contribution < 1.29 is 14.7 Å². The highest BCUT2D eigenvalue weighted by Gasteiger charge is 2.42. The number of hydrogen-bond acceptors (Lipinski definition) is 3. The van der Waals surface area contributed by atoms with Gasteiger partial charge in [0, 0.05) is 13.1 Å². The van der Waals surface area contributed by atoms with Gasteiger partial charge in [-0.25, -0.2) is 0 Å². The van der Waals surface area contributed by atoms with Crippen LogP contribution in [0.2, 0.25) is 0 Å². The highest BCUT2D eigenvalue weighted by Crippen LogP contribution is 2.34. The van der Waals surface area contributed by atoms with Crippen molar-refractivity contribution in [1.82, 2.24) is 10.2 Å². The van der Waals surface area contributed by atoms with Crippen molar-refractivity contribution in [2.45, 2.75) is 53.0 Å². The largest absolute Gasteiger partial charge is 0.481 e. The van der Waals surface area contributed by atoms with Crippen LogP contribution < -0.4 is 5.32 Å². The molecule has 0 aliphatic carbocycles. The normalized spacial score (nSPS) is 20.9. The summed E-state index contributed by atoms with van der Waals surface area (Å²) in [6.45, 7) is 11.2. The topological polar surface area (TPSA) is 69.6 Å². The molecule has 1 fully saturated rings. The van der Waals surface area contributed by atoms with Gasteiger partial charge in [0.2, 0.25) is 5.91 Å². The maximum atomic E-state index is 12.6. The fourth-order valence-electron chi connectivity index (χ4n) is 2.84. The Balaban J connectivity index is 2.80. The summed E-state index contributed by atoms with van der Waals surface area (Å²) in [6.07, 6.45) is 1.74. The van der Waals surface area contributed by atoms with Gasteiger partial charge in [-0.2, -0.15) is 0 Å². The van der Waals surface area contributed by atoms with Crippen LogP contribution in [0.3, 0.4) is 0 Å². The molecule has 1 aliphatic heterocycles. The number of carbonyl (C=O) groups is 2. The molecule has 1 heterocycles. The van der Waals surface area contributed by atoms with Crippen LogP contribution in [0.4, 0.5) is 0 Å². The summed E-state index contributed by atoms with van der Waals surface area (Å²) in [5, 5.41) is 12.5. The summed E-state index contributed by atoms with van der Waals surface area (Å²) in [5.74, 6) is -0.719. The Bertz CT molecular complexity index is 377. The van der Waals surface area contributed by atoms with Crippen LogP contribution in [0.25, 0.3) is 0 Å². The van der Waals surface area contributed by atoms with Crippen molar-refractivity contribution in [1.29, 1.82) is 0 Å². The number of likely N-dealkylation sites (tertiary alicyclic amines) is 1. The van der Waals surface area contributed by atoms with E-state index in [-0.39, 0.29) is 11.8 Å². The van der Waals surface area contributed by atoms with Crippen LogP contribution in [0, 0.1) is 11.3 Å². The van der Waals surface area contributed by atoms with Gasteiger partial charge in [-0.15, -0.1) is 0 Å². The fourth-order valence-corrected chi connectivity index (χ4v) is 2.84. The molecule has 1 unspecified atom stereocenters. The Kier molecular flexibility index (Phi) is 5.19. The lowest BCUT2D eigenvalue weighted by atomic mass is 9.74. The van der Waals surface area contributed by atoms with Gasteiger partial charge in [0.15, 0.2) is 0 Å². The number of rotatable bonds is 5. The number of carboxylic acid groups (broad SMARTS) is 1. The molecule has 0 radical (unpaired) electrons. The van der Waals surface area contributed by atoms with Crippen LogP contribution in [0.15, 0.2) is 0 Å². The molecule has 0 aromatic rings. The minimum absolute atomic E-state index is 0.00938. The molecule has 0 aromatic carbocycles. The first kappa shape index (κ1) is 17.0. The minimum atomic E-state index is -0.790. The third kappa shape index (κ3) is 3.51. The number of aliphatic carboxylic acids is 1. The number of carboxylic acids is 1. The lowest BCUT2D eigenvalue weighted by molar-refractivity contribution is -0.154. The highest BCUT2D eigenvalue weighted by atomic mass is 16.4. The van der Waals surface area contributed by atoms with E-state index in [4.69, 9.17) is 0 Å². The second kappa shape index (κ2) is 6.12. The zero-order chi connectivity index (χ0) is 15.6. The van der Waals surface area contributed by atoms with E-state index < -0.39 is 16.9 Å². The summed E-state index contributed by atoms with van der Waals surface area (Å²) >= 11 is 0. The van der Waals surface area contributed by atoms with Gasteiger partial charge < -0.3 is 15.3 Å². The minimum Gasteiger partial charge on any atom is -0.481 e. The average molecular weight is 284 g/mol. The molecule has 1 amide bonds. The molecular weight excluding hydrogens is 256 g/mol. The highest BCUT2D eigenvalue weighted by molar-refractivity contribution is 5.85. The van der Waals surface area contributed by atoms with Crippen molar-refractivity contribution in [2.24, 2.45) is 11.3 Å². The monoisotopic (exact) mass is 284 g/mol. The van der Waals surface area contributed by atoms with Gasteiger partial charge in [0.1, 0.15) is 0 Å². The Morgan fingerprint density at radius 2 is 1.90 bits per heavy atom. The van der Waals surface area contributed by atoms with Gasteiger partial charge in [0.05, 0.1) is 11.0 Å². The van der Waals surface area contributed by atoms with Crippen molar-refractivity contribution in [3.63, 3.8) is 0 Å². The molecule has 0 spiro atoms. The maximum absolute atomic E-state index is 12.6. The van der Waals surface area contributed by atoms with Crippen LogP contribution in [0.5, 0.6) is 0 Å². The molecule has 116 valence electrons. The van der Waals surface area contributed by atoms with Crippen LogP contribution in [-0.4, -0.2) is 47.1 Å². The second-order valence-electron chi connectivity index (χ2n) is 6.77. The van der Waals surface area contributed by atoms with Crippen LogP contribution in [-0.2, 0) is 9.59 Å². The lowest BCUT2D eigenvalue weighted by Crippen LogP contribution is -2.57. The van der Waals surface area contributed by atoms with Crippen LogP contribution >= 0.6 is 0 Å². The van der Waals surface area contributed by atoms with E-state index in [1.807, 2.05) is 25.7 Å². The van der Waals surface area contributed by atoms with Crippen molar-refractivity contribution >= 4 is 11.9 Å². The molecule has 1 saturated heterocycles. The van der Waals surface area contributed by atoms with Crippen molar-refractivity contribution in [3.8, 4) is 0 Å². The van der Waals surface area contributed by atoms with Crippen molar-refractivity contribution in [2.75, 3.05) is 19.6 Å². The standard InChI is InChI=1S/C15H28N2O3/c1-6-16-15(4,5)12(18)17-9-7-8-11(10-17)14(2,3)13(19)20/h11,16H,6-10H2,1-5H3,(H,19,20). The Morgan fingerprint density at radius 1 is 1.30 bits per heavy atom. The third-order valence-corrected chi connectivity index (χ3v) is 4.43. The Hall–Kier alpha value is -1.10. The van der Waals surface area contributed by atoms with Gasteiger partial charge in [0.25, 0.3) is 0 Å². The van der Waals surface area contributed by atoms with Crippen LogP contribution in [0.1, 0.15) is 47.5 Å². The average Bonchev–Trinajstić information content (AvgIpc) is 2.37. The lowest BCUT2D eigenvalue weighted by Gasteiger charge is -2.42. The molecule has 1 rings (SSSR count). The Labute approximate surface area is 121 Å². The quantitative estimate of drug-likeness (QED) is 0.806. The molecule has 0 saturated carbocycles. The van der Waals surface area contributed by atoms with E-state index in [0.717, 1.165) is 25.9 Å². The maximum Gasteiger partial charge on any atom is 0.309 e. The number of piperidine rings is 1. The Morgan fingerprint density at radius 3 is 2.40 bits per heavy atom. The van der Waals surface area contributed by atoms with E-state index in [0.29, 0.717) is 6.54 Å².